The van der Waals surface area contributed by atoms with Crippen LogP contribution in [-0.4, -0.2) is 26.1 Å². The van der Waals surface area contributed by atoms with Gasteiger partial charge in [-0.1, -0.05) is 0 Å². The summed E-state index contributed by atoms with van der Waals surface area (Å²) in [5.74, 6) is 0.560. The van der Waals surface area contributed by atoms with Crippen LogP contribution in [0.4, 0.5) is 5.69 Å². The van der Waals surface area contributed by atoms with Crippen molar-refractivity contribution in [3.05, 3.63) is 65.9 Å². The summed E-state index contributed by atoms with van der Waals surface area (Å²) >= 11 is 0. The van der Waals surface area contributed by atoms with Crippen LogP contribution in [-0.2, 0) is 9.53 Å². The maximum absolute atomic E-state index is 12.0. The number of carbonyl (C=O) groups is 2. The van der Waals surface area contributed by atoms with Crippen molar-refractivity contribution in [3.63, 3.8) is 0 Å². The van der Waals surface area contributed by atoms with E-state index in [-0.39, 0.29) is 5.91 Å². The number of methoxy groups -OCH3 is 2. The van der Waals surface area contributed by atoms with Crippen molar-refractivity contribution >= 4 is 34.6 Å². The number of amides is 1. The molecule has 0 spiro atoms. The number of carbonyl (C=O) groups excluding carboxylic acids is 2. The minimum absolute atomic E-state index is 0.311. The Morgan fingerprint density at radius 3 is 2.50 bits per heavy atom. The first-order chi connectivity index (χ1) is 12.6. The average Bonchev–Trinajstić information content (AvgIpc) is 3.08. The molecule has 0 radical (unpaired) electrons. The third kappa shape index (κ3) is 3.92. The molecule has 1 aromatic heterocycles. The summed E-state index contributed by atoms with van der Waals surface area (Å²) in [5, 5.41) is 3.60. The first-order valence-corrected chi connectivity index (χ1v) is 7.84. The zero-order valence-electron chi connectivity index (χ0n) is 14.3. The van der Waals surface area contributed by atoms with Crippen LogP contribution in [0.15, 0.2) is 59.0 Å². The third-order valence-electron chi connectivity index (χ3n) is 3.72. The molecular formula is C20H17NO5. The van der Waals surface area contributed by atoms with Gasteiger partial charge < -0.3 is 19.2 Å². The third-order valence-corrected chi connectivity index (χ3v) is 3.72. The van der Waals surface area contributed by atoms with Gasteiger partial charge in [0.05, 0.1) is 19.8 Å². The van der Waals surface area contributed by atoms with E-state index in [1.807, 2.05) is 24.3 Å². The van der Waals surface area contributed by atoms with Gasteiger partial charge in [0, 0.05) is 17.1 Å². The molecule has 2 aromatic carbocycles. The van der Waals surface area contributed by atoms with E-state index in [1.54, 1.807) is 37.5 Å². The normalized spacial score (nSPS) is 10.8. The van der Waals surface area contributed by atoms with Crippen LogP contribution in [0.3, 0.4) is 0 Å². The number of furan rings is 1. The molecule has 6 heteroatoms. The van der Waals surface area contributed by atoms with Crippen LogP contribution in [0.5, 0.6) is 5.75 Å². The number of rotatable bonds is 5. The van der Waals surface area contributed by atoms with Crippen molar-refractivity contribution in [2.75, 3.05) is 19.5 Å². The van der Waals surface area contributed by atoms with Gasteiger partial charge in [0.25, 0.3) is 0 Å². The van der Waals surface area contributed by atoms with Gasteiger partial charge >= 0.3 is 5.97 Å². The number of benzene rings is 2. The van der Waals surface area contributed by atoms with Gasteiger partial charge in [0.1, 0.15) is 17.1 Å². The standard InChI is InChI=1S/C20H17NO5/c1-24-16-7-9-18-14(11-16)12-17(26-18)8-10-19(22)21-15-5-3-13(4-6-15)20(23)25-2/h3-12H,1-2H3,(H,21,22). The van der Waals surface area contributed by atoms with E-state index in [2.05, 4.69) is 10.1 Å². The molecule has 0 bridgehead atoms. The van der Waals surface area contributed by atoms with Gasteiger partial charge in [-0.2, -0.15) is 0 Å². The Balaban J connectivity index is 1.66. The quantitative estimate of drug-likeness (QED) is 0.557. The number of hydrogen-bond acceptors (Lipinski definition) is 5. The van der Waals surface area contributed by atoms with E-state index in [4.69, 9.17) is 9.15 Å². The molecule has 26 heavy (non-hydrogen) atoms. The summed E-state index contributed by atoms with van der Waals surface area (Å²) in [5.41, 5.74) is 1.70. The van der Waals surface area contributed by atoms with Crippen molar-refractivity contribution in [1.29, 1.82) is 0 Å². The molecule has 0 saturated carbocycles. The Labute approximate surface area is 150 Å². The van der Waals surface area contributed by atoms with Gasteiger partial charge in [-0.15, -0.1) is 0 Å². The highest BCUT2D eigenvalue weighted by molar-refractivity contribution is 6.02. The summed E-state index contributed by atoms with van der Waals surface area (Å²) in [6, 6.07) is 13.7. The van der Waals surface area contributed by atoms with Gasteiger partial charge in [0.15, 0.2) is 0 Å². The predicted octanol–water partition coefficient (Wildman–Crippen LogP) is 3.88. The second-order valence-electron chi connectivity index (χ2n) is 5.44. The number of anilines is 1. The lowest BCUT2D eigenvalue weighted by Gasteiger charge is -2.03. The minimum Gasteiger partial charge on any atom is -0.497 e. The highest BCUT2D eigenvalue weighted by Gasteiger charge is 2.06. The number of esters is 1. The van der Waals surface area contributed by atoms with E-state index in [0.717, 1.165) is 11.1 Å². The molecule has 0 fully saturated rings. The molecule has 132 valence electrons. The van der Waals surface area contributed by atoms with E-state index in [9.17, 15) is 9.59 Å². The number of hydrogen-bond donors (Lipinski definition) is 1. The number of nitrogens with one attached hydrogen (secondary N) is 1. The lowest BCUT2D eigenvalue weighted by Crippen LogP contribution is -2.08. The van der Waals surface area contributed by atoms with E-state index in [0.29, 0.717) is 22.6 Å². The zero-order valence-corrected chi connectivity index (χ0v) is 14.3. The van der Waals surface area contributed by atoms with Crippen LogP contribution in [0.2, 0.25) is 0 Å². The highest BCUT2D eigenvalue weighted by Crippen LogP contribution is 2.24. The van der Waals surface area contributed by atoms with Crippen molar-refractivity contribution in [1.82, 2.24) is 0 Å². The molecule has 0 atom stereocenters. The second kappa shape index (κ2) is 7.57. The van der Waals surface area contributed by atoms with E-state index in [1.165, 1.54) is 13.2 Å². The van der Waals surface area contributed by atoms with Gasteiger partial charge in [-0.05, 0) is 54.6 Å². The second-order valence-corrected chi connectivity index (χ2v) is 5.44. The average molecular weight is 351 g/mol. The Bertz CT molecular complexity index is 970. The van der Waals surface area contributed by atoms with Crippen molar-refractivity contribution in [2.45, 2.75) is 0 Å². The fraction of sp³-hybridized carbons (Fsp3) is 0.100. The Hall–Kier alpha value is -3.54. The van der Waals surface area contributed by atoms with Crippen LogP contribution in [0, 0.1) is 0 Å². The fourth-order valence-corrected chi connectivity index (χ4v) is 2.40. The maximum Gasteiger partial charge on any atom is 0.337 e. The SMILES string of the molecule is COC(=O)c1ccc(NC(=O)C=Cc2cc3cc(OC)ccc3o2)cc1. The van der Waals surface area contributed by atoms with Crippen LogP contribution >= 0.6 is 0 Å². The molecule has 0 aliphatic heterocycles. The highest BCUT2D eigenvalue weighted by atomic mass is 16.5. The molecule has 1 N–H and O–H groups in total. The molecule has 3 aromatic rings. The van der Waals surface area contributed by atoms with Crippen LogP contribution < -0.4 is 10.1 Å². The zero-order chi connectivity index (χ0) is 18.5. The Kier molecular flexibility index (Phi) is 5.03. The van der Waals surface area contributed by atoms with Crippen LogP contribution in [0.25, 0.3) is 17.0 Å². The van der Waals surface area contributed by atoms with Gasteiger partial charge in [0.2, 0.25) is 5.91 Å². The Morgan fingerprint density at radius 1 is 1.04 bits per heavy atom. The first-order valence-electron chi connectivity index (χ1n) is 7.84. The fourth-order valence-electron chi connectivity index (χ4n) is 2.40. The summed E-state index contributed by atoms with van der Waals surface area (Å²) in [6.45, 7) is 0. The number of fused-ring (bicyclic) bond motifs is 1. The first kappa shape index (κ1) is 17.3. The summed E-state index contributed by atoms with van der Waals surface area (Å²) in [4.78, 5) is 23.4. The van der Waals surface area contributed by atoms with Crippen molar-refractivity contribution in [3.8, 4) is 5.75 Å². The summed E-state index contributed by atoms with van der Waals surface area (Å²) < 4.78 is 15.5. The molecule has 6 nitrogen and oxygen atoms in total. The van der Waals surface area contributed by atoms with Crippen molar-refractivity contribution < 1.29 is 23.5 Å². The molecule has 0 unspecified atom stereocenters. The molecular weight excluding hydrogens is 334 g/mol. The van der Waals surface area contributed by atoms with E-state index >= 15 is 0 Å². The molecule has 1 heterocycles. The van der Waals surface area contributed by atoms with Crippen LogP contribution in [0.1, 0.15) is 16.1 Å². The van der Waals surface area contributed by atoms with Gasteiger partial charge in [-0.3, -0.25) is 4.79 Å². The topological polar surface area (TPSA) is 77.8 Å². The Morgan fingerprint density at radius 2 is 1.81 bits per heavy atom. The molecule has 0 aliphatic rings. The lowest BCUT2D eigenvalue weighted by molar-refractivity contribution is -0.111. The minimum atomic E-state index is -0.427. The molecule has 0 aliphatic carbocycles. The molecule has 0 saturated heterocycles. The lowest BCUT2D eigenvalue weighted by atomic mass is 10.2. The maximum atomic E-state index is 12.0. The predicted molar refractivity (Wildman–Crippen MR) is 98.2 cm³/mol. The molecule has 1 amide bonds. The largest absolute Gasteiger partial charge is 0.497 e. The van der Waals surface area contributed by atoms with E-state index < -0.39 is 5.97 Å². The summed E-state index contributed by atoms with van der Waals surface area (Å²) in [6.07, 6.45) is 2.97. The number of ether oxygens (including phenoxy) is 2. The monoisotopic (exact) mass is 351 g/mol. The molecule has 3 rings (SSSR count). The van der Waals surface area contributed by atoms with Gasteiger partial charge in [-0.25, -0.2) is 4.79 Å². The van der Waals surface area contributed by atoms with Crippen molar-refractivity contribution in [2.24, 2.45) is 0 Å². The smallest absolute Gasteiger partial charge is 0.337 e. The summed E-state index contributed by atoms with van der Waals surface area (Å²) in [7, 11) is 2.92.